The van der Waals surface area contributed by atoms with Crippen molar-refractivity contribution >= 4 is 5.91 Å². The number of methoxy groups -OCH3 is 1. The van der Waals surface area contributed by atoms with Crippen LogP contribution in [-0.4, -0.2) is 63.4 Å². The smallest absolute Gasteiger partial charge is 0.237 e. The van der Waals surface area contributed by atoms with Crippen LogP contribution in [-0.2, 0) is 9.53 Å². The third-order valence-electron chi connectivity index (χ3n) is 4.35. The Bertz CT molecular complexity index is 538. The minimum absolute atomic E-state index is 0.0300. The fraction of sp³-hybridized carbons (Fsp3) is 0.611. The van der Waals surface area contributed by atoms with Gasteiger partial charge in [-0.1, -0.05) is 18.2 Å². The fourth-order valence-corrected chi connectivity index (χ4v) is 2.83. The molecular weight excluding hydrogens is 306 g/mol. The van der Waals surface area contributed by atoms with Crippen LogP contribution >= 0.6 is 0 Å². The minimum Gasteiger partial charge on any atom is -0.496 e. The van der Waals surface area contributed by atoms with E-state index in [0.717, 1.165) is 31.0 Å². The van der Waals surface area contributed by atoms with Gasteiger partial charge in [0.1, 0.15) is 5.75 Å². The normalized spacial score (nSPS) is 21.1. The van der Waals surface area contributed by atoms with E-state index in [2.05, 4.69) is 22.6 Å². The molecule has 0 spiro atoms. The topological polar surface area (TPSA) is 62.8 Å². The second-order valence-electron chi connectivity index (χ2n) is 6.36. The zero-order chi connectivity index (χ0) is 17.5. The Morgan fingerprint density at radius 3 is 2.88 bits per heavy atom. The number of para-hydroxylation sites is 1. The van der Waals surface area contributed by atoms with E-state index in [1.54, 1.807) is 7.11 Å². The summed E-state index contributed by atoms with van der Waals surface area (Å²) >= 11 is 0. The quantitative estimate of drug-likeness (QED) is 0.783. The van der Waals surface area contributed by atoms with E-state index in [9.17, 15) is 4.79 Å². The second-order valence-corrected chi connectivity index (χ2v) is 6.36. The van der Waals surface area contributed by atoms with Gasteiger partial charge in [0.05, 0.1) is 31.9 Å². The molecule has 2 rings (SSSR count). The van der Waals surface area contributed by atoms with Crippen molar-refractivity contribution in [1.82, 2.24) is 15.5 Å². The molecule has 2 N–H and O–H groups in total. The van der Waals surface area contributed by atoms with Gasteiger partial charge in [-0.2, -0.15) is 0 Å². The highest BCUT2D eigenvalue weighted by Crippen LogP contribution is 2.24. The Morgan fingerprint density at radius 2 is 2.17 bits per heavy atom. The maximum Gasteiger partial charge on any atom is 0.237 e. The van der Waals surface area contributed by atoms with E-state index >= 15 is 0 Å². The highest BCUT2D eigenvalue weighted by atomic mass is 16.5. The maximum absolute atomic E-state index is 12.4. The summed E-state index contributed by atoms with van der Waals surface area (Å²) in [6.07, 6.45) is 0.130. The Kier molecular flexibility index (Phi) is 7.02. The summed E-state index contributed by atoms with van der Waals surface area (Å²) in [4.78, 5) is 14.6. The van der Waals surface area contributed by atoms with Crippen molar-refractivity contribution < 1.29 is 14.3 Å². The standard InChI is InChI=1S/C18H29N3O3/c1-13(16-7-5-6-8-17(16)23-4)20-18(22)14(2)19-11-15-12-21(3)9-10-24-15/h5-8,13-15,19H,9-12H2,1-4H3,(H,20,22)/t13-,14-,15+/m0/s1. The lowest BCUT2D eigenvalue weighted by Gasteiger charge is -2.31. The maximum atomic E-state index is 12.4. The number of benzene rings is 1. The van der Waals surface area contributed by atoms with Gasteiger partial charge in [0.2, 0.25) is 5.91 Å². The first-order valence-corrected chi connectivity index (χ1v) is 8.48. The zero-order valence-electron chi connectivity index (χ0n) is 15.0. The number of nitrogens with zero attached hydrogens (tertiary/aromatic N) is 1. The summed E-state index contributed by atoms with van der Waals surface area (Å²) in [6.45, 7) is 7.09. The van der Waals surface area contributed by atoms with E-state index in [4.69, 9.17) is 9.47 Å². The number of hydrogen-bond acceptors (Lipinski definition) is 5. The van der Waals surface area contributed by atoms with Gasteiger partial charge < -0.3 is 25.0 Å². The summed E-state index contributed by atoms with van der Waals surface area (Å²) in [5.41, 5.74) is 0.970. The molecule has 3 atom stereocenters. The molecule has 0 saturated carbocycles. The van der Waals surface area contributed by atoms with Gasteiger partial charge in [-0.25, -0.2) is 0 Å². The molecule has 1 aromatic rings. The van der Waals surface area contributed by atoms with Crippen LogP contribution in [0, 0.1) is 0 Å². The van der Waals surface area contributed by atoms with E-state index in [0.29, 0.717) is 6.54 Å². The molecule has 134 valence electrons. The molecule has 1 aliphatic rings. The minimum atomic E-state index is -0.280. The lowest BCUT2D eigenvalue weighted by molar-refractivity contribution is -0.123. The zero-order valence-corrected chi connectivity index (χ0v) is 15.0. The van der Waals surface area contributed by atoms with Gasteiger partial charge in [-0.15, -0.1) is 0 Å². The van der Waals surface area contributed by atoms with Crippen LogP contribution in [0.2, 0.25) is 0 Å². The first-order valence-electron chi connectivity index (χ1n) is 8.48. The molecule has 0 unspecified atom stereocenters. The second kappa shape index (κ2) is 9.01. The Labute approximate surface area is 144 Å². The number of rotatable bonds is 7. The van der Waals surface area contributed by atoms with Gasteiger partial charge in [-0.3, -0.25) is 4.79 Å². The molecule has 1 fully saturated rings. The number of carbonyl (C=O) groups is 1. The predicted molar refractivity (Wildman–Crippen MR) is 94.3 cm³/mol. The van der Waals surface area contributed by atoms with Crippen molar-refractivity contribution in [2.75, 3.05) is 40.4 Å². The molecule has 0 aliphatic carbocycles. The number of likely N-dealkylation sites (N-methyl/N-ethyl adjacent to an activating group) is 1. The molecule has 24 heavy (non-hydrogen) atoms. The van der Waals surface area contributed by atoms with Crippen molar-refractivity contribution in [2.24, 2.45) is 0 Å². The molecule has 1 heterocycles. The van der Waals surface area contributed by atoms with E-state index in [1.807, 2.05) is 38.1 Å². The number of ether oxygens (including phenoxy) is 2. The van der Waals surface area contributed by atoms with Crippen LogP contribution in [0.4, 0.5) is 0 Å². The number of carbonyl (C=O) groups excluding carboxylic acids is 1. The summed E-state index contributed by atoms with van der Waals surface area (Å²) in [6, 6.07) is 7.33. The van der Waals surface area contributed by atoms with Crippen LogP contribution in [0.3, 0.4) is 0 Å². The van der Waals surface area contributed by atoms with Gasteiger partial charge in [0.25, 0.3) is 0 Å². The molecule has 1 saturated heterocycles. The molecule has 1 amide bonds. The number of morpholine rings is 1. The van der Waals surface area contributed by atoms with Crippen molar-refractivity contribution in [3.05, 3.63) is 29.8 Å². The molecule has 6 heteroatoms. The molecule has 1 aliphatic heterocycles. The van der Waals surface area contributed by atoms with E-state index < -0.39 is 0 Å². The van der Waals surface area contributed by atoms with Gasteiger partial charge in [0.15, 0.2) is 0 Å². The molecular formula is C18H29N3O3. The van der Waals surface area contributed by atoms with Crippen molar-refractivity contribution in [1.29, 1.82) is 0 Å². The average molecular weight is 335 g/mol. The summed E-state index contributed by atoms with van der Waals surface area (Å²) in [5, 5.41) is 6.30. The van der Waals surface area contributed by atoms with E-state index in [-0.39, 0.29) is 24.1 Å². The monoisotopic (exact) mass is 335 g/mol. The van der Waals surface area contributed by atoms with Crippen molar-refractivity contribution in [3.8, 4) is 5.75 Å². The largest absolute Gasteiger partial charge is 0.496 e. The van der Waals surface area contributed by atoms with Crippen molar-refractivity contribution in [3.63, 3.8) is 0 Å². The highest BCUT2D eigenvalue weighted by Gasteiger charge is 2.21. The third kappa shape index (κ3) is 5.19. The molecule has 6 nitrogen and oxygen atoms in total. The third-order valence-corrected chi connectivity index (χ3v) is 4.35. The van der Waals surface area contributed by atoms with Crippen molar-refractivity contribution in [2.45, 2.75) is 32.0 Å². The summed E-state index contributed by atoms with van der Waals surface area (Å²) in [7, 11) is 3.72. The fourth-order valence-electron chi connectivity index (χ4n) is 2.83. The van der Waals surface area contributed by atoms with Gasteiger partial charge in [0, 0.05) is 25.2 Å². The first kappa shape index (κ1) is 18.7. The Balaban J connectivity index is 1.82. The summed E-state index contributed by atoms with van der Waals surface area (Å²) < 4.78 is 11.1. The lowest BCUT2D eigenvalue weighted by atomic mass is 10.1. The van der Waals surface area contributed by atoms with Crippen LogP contribution in [0.1, 0.15) is 25.5 Å². The molecule has 0 radical (unpaired) electrons. The SMILES string of the molecule is COc1ccccc1[C@H](C)NC(=O)[C@H](C)NC[C@@H]1CN(C)CCO1. The Hall–Kier alpha value is -1.63. The van der Waals surface area contributed by atoms with Crippen LogP contribution in [0.25, 0.3) is 0 Å². The predicted octanol–water partition coefficient (Wildman–Crippen LogP) is 1.18. The number of nitrogens with one attached hydrogen (secondary N) is 2. The van der Waals surface area contributed by atoms with Crippen LogP contribution < -0.4 is 15.4 Å². The lowest BCUT2D eigenvalue weighted by Crippen LogP contribution is -2.49. The molecule has 0 bridgehead atoms. The highest BCUT2D eigenvalue weighted by molar-refractivity contribution is 5.81. The van der Waals surface area contributed by atoms with Gasteiger partial charge >= 0.3 is 0 Å². The number of amides is 1. The van der Waals surface area contributed by atoms with Gasteiger partial charge in [-0.05, 0) is 27.0 Å². The Morgan fingerprint density at radius 1 is 1.42 bits per heavy atom. The average Bonchev–Trinajstić information content (AvgIpc) is 2.59. The van der Waals surface area contributed by atoms with Crippen LogP contribution in [0.15, 0.2) is 24.3 Å². The number of hydrogen-bond donors (Lipinski definition) is 2. The summed E-state index contributed by atoms with van der Waals surface area (Å²) in [5.74, 6) is 0.752. The molecule has 1 aromatic carbocycles. The van der Waals surface area contributed by atoms with Crippen LogP contribution in [0.5, 0.6) is 5.75 Å². The first-order chi connectivity index (χ1) is 11.5. The molecule has 0 aromatic heterocycles. The van der Waals surface area contributed by atoms with E-state index in [1.165, 1.54) is 0 Å².